The fourth-order valence-corrected chi connectivity index (χ4v) is 4.22. The van der Waals surface area contributed by atoms with Crippen LogP contribution in [0.4, 0.5) is 0 Å². The molecule has 1 amide bonds. The van der Waals surface area contributed by atoms with Crippen LogP contribution < -0.4 is 14.8 Å². The van der Waals surface area contributed by atoms with Gasteiger partial charge in [-0.1, -0.05) is 50.2 Å². The van der Waals surface area contributed by atoms with Gasteiger partial charge in [-0.3, -0.25) is 4.79 Å². The number of aromatic nitrogens is 2. The van der Waals surface area contributed by atoms with Crippen LogP contribution in [0.1, 0.15) is 47.9 Å². The van der Waals surface area contributed by atoms with Gasteiger partial charge in [0.15, 0.2) is 0 Å². The number of nitrogens with one attached hydrogen (secondary N) is 1. The van der Waals surface area contributed by atoms with Gasteiger partial charge in [-0.25, -0.2) is 4.98 Å². The summed E-state index contributed by atoms with van der Waals surface area (Å²) in [6.45, 7) is 6.19. The van der Waals surface area contributed by atoms with E-state index in [1.807, 2.05) is 42.5 Å². The van der Waals surface area contributed by atoms with E-state index in [0.717, 1.165) is 35.4 Å². The maximum Gasteiger partial charge on any atom is 0.251 e. The van der Waals surface area contributed by atoms with Crippen molar-refractivity contribution in [2.45, 2.75) is 39.2 Å². The van der Waals surface area contributed by atoms with Crippen molar-refractivity contribution < 1.29 is 14.3 Å². The molecule has 0 saturated heterocycles. The monoisotopic (exact) mass is 471 g/mol. The fraction of sp³-hybridized carbons (Fsp3) is 0.310. The predicted molar refractivity (Wildman–Crippen MR) is 139 cm³/mol. The number of hydrogen-bond donors (Lipinski definition) is 1. The van der Waals surface area contributed by atoms with Crippen LogP contribution >= 0.6 is 0 Å². The zero-order valence-electron chi connectivity index (χ0n) is 20.7. The number of nitrogens with zero attached hydrogens (tertiary/aromatic N) is 2. The van der Waals surface area contributed by atoms with Crippen LogP contribution in [0.3, 0.4) is 0 Å². The van der Waals surface area contributed by atoms with E-state index in [9.17, 15) is 4.79 Å². The van der Waals surface area contributed by atoms with Gasteiger partial charge in [0.1, 0.15) is 23.9 Å². The van der Waals surface area contributed by atoms with Crippen LogP contribution in [0.5, 0.6) is 11.5 Å². The van der Waals surface area contributed by atoms with Crippen LogP contribution in [0.2, 0.25) is 0 Å². The van der Waals surface area contributed by atoms with E-state index in [0.29, 0.717) is 36.9 Å². The summed E-state index contributed by atoms with van der Waals surface area (Å²) in [6.07, 6.45) is 1.55. The Morgan fingerprint density at radius 3 is 2.66 bits per heavy atom. The number of ether oxygens (including phenoxy) is 2. The molecule has 0 atom stereocenters. The summed E-state index contributed by atoms with van der Waals surface area (Å²) in [5, 5.41) is 3.00. The van der Waals surface area contributed by atoms with Crippen LogP contribution in [-0.2, 0) is 13.0 Å². The predicted octanol–water partition coefficient (Wildman–Crippen LogP) is 5.61. The summed E-state index contributed by atoms with van der Waals surface area (Å²) >= 11 is 0. The average Bonchev–Trinajstić information content (AvgIpc) is 3.24. The van der Waals surface area contributed by atoms with E-state index in [1.165, 1.54) is 5.56 Å². The minimum absolute atomic E-state index is 0.102. The number of hydrogen-bond acceptors (Lipinski definition) is 4. The van der Waals surface area contributed by atoms with Crippen molar-refractivity contribution in [3.05, 3.63) is 89.7 Å². The second-order valence-corrected chi connectivity index (χ2v) is 8.80. The summed E-state index contributed by atoms with van der Waals surface area (Å²) in [4.78, 5) is 17.3. The Kier molecular flexibility index (Phi) is 8.03. The molecule has 0 fully saturated rings. The maximum absolute atomic E-state index is 12.5. The SMILES string of the molecule is COc1cccc(C(=O)NCCCc2nc3ccccc3n2CCOc2ccccc2C(C)C)c1. The molecule has 1 heterocycles. The third kappa shape index (κ3) is 6.01. The van der Waals surface area contributed by atoms with E-state index in [4.69, 9.17) is 14.5 Å². The van der Waals surface area contributed by atoms with Gasteiger partial charge in [0.05, 0.1) is 24.7 Å². The number of imidazole rings is 1. The number of benzene rings is 3. The normalized spacial score (nSPS) is 11.1. The van der Waals surface area contributed by atoms with Gasteiger partial charge in [0.2, 0.25) is 0 Å². The maximum atomic E-state index is 12.5. The van der Waals surface area contributed by atoms with Gasteiger partial charge in [-0.05, 0) is 54.3 Å². The van der Waals surface area contributed by atoms with Crippen molar-refractivity contribution in [3.63, 3.8) is 0 Å². The molecule has 4 aromatic rings. The number of amides is 1. The van der Waals surface area contributed by atoms with Gasteiger partial charge in [0, 0.05) is 18.5 Å². The van der Waals surface area contributed by atoms with Crippen LogP contribution in [0, 0.1) is 0 Å². The topological polar surface area (TPSA) is 65.4 Å². The lowest BCUT2D eigenvalue weighted by atomic mass is 10.0. The molecule has 0 radical (unpaired) electrons. The van der Waals surface area contributed by atoms with E-state index in [-0.39, 0.29) is 5.91 Å². The Hall–Kier alpha value is -3.80. The lowest BCUT2D eigenvalue weighted by Crippen LogP contribution is -2.25. The molecule has 1 N–H and O–H groups in total. The summed E-state index contributed by atoms with van der Waals surface area (Å²) in [6, 6.07) is 23.6. The van der Waals surface area contributed by atoms with Crippen molar-refractivity contribution >= 4 is 16.9 Å². The minimum atomic E-state index is -0.102. The van der Waals surface area contributed by atoms with Crippen molar-refractivity contribution in [2.24, 2.45) is 0 Å². The molecule has 0 aliphatic carbocycles. The van der Waals surface area contributed by atoms with E-state index < -0.39 is 0 Å². The molecule has 1 aromatic heterocycles. The van der Waals surface area contributed by atoms with Crippen molar-refractivity contribution in [2.75, 3.05) is 20.3 Å². The highest BCUT2D eigenvalue weighted by Gasteiger charge is 2.12. The third-order valence-corrected chi connectivity index (χ3v) is 6.04. The Morgan fingerprint density at radius 2 is 1.83 bits per heavy atom. The number of aryl methyl sites for hydroxylation is 1. The lowest BCUT2D eigenvalue weighted by molar-refractivity contribution is 0.0952. The molecule has 0 bridgehead atoms. The van der Waals surface area contributed by atoms with Crippen LogP contribution in [0.25, 0.3) is 11.0 Å². The van der Waals surface area contributed by atoms with Crippen LogP contribution in [-0.4, -0.2) is 35.7 Å². The molecule has 182 valence electrons. The first kappa shape index (κ1) is 24.3. The van der Waals surface area contributed by atoms with Gasteiger partial charge < -0.3 is 19.4 Å². The van der Waals surface area contributed by atoms with E-state index in [2.05, 4.69) is 41.9 Å². The van der Waals surface area contributed by atoms with Crippen molar-refractivity contribution in [1.82, 2.24) is 14.9 Å². The molecule has 6 nitrogen and oxygen atoms in total. The summed E-state index contributed by atoms with van der Waals surface area (Å²) in [5.74, 6) is 2.92. The third-order valence-electron chi connectivity index (χ3n) is 6.04. The van der Waals surface area contributed by atoms with Gasteiger partial charge in [-0.2, -0.15) is 0 Å². The van der Waals surface area contributed by atoms with Crippen molar-refractivity contribution in [3.8, 4) is 11.5 Å². The number of methoxy groups -OCH3 is 1. The van der Waals surface area contributed by atoms with Gasteiger partial charge in [0.25, 0.3) is 5.91 Å². The molecule has 0 saturated carbocycles. The number of fused-ring (bicyclic) bond motifs is 1. The first-order valence-electron chi connectivity index (χ1n) is 12.1. The quantitative estimate of drug-likeness (QED) is 0.289. The zero-order chi connectivity index (χ0) is 24.6. The number of rotatable bonds is 11. The molecule has 0 aliphatic rings. The first-order valence-corrected chi connectivity index (χ1v) is 12.1. The Balaban J connectivity index is 1.38. The smallest absolute Gasteiger partial charge is 0.251 e. The molecule has 0 aliphatic heterocycles. The highest BCUT2D eigenvalue weighted by atomic mass is 16.5. The Morgan fingerprint density at radius 1 is 1.03 bits per heavy atom. The molecular formula is C29H33N3O3. The largest absolute Gasteiger partial charge is 0.497 e. The number of para-hydroxylation sites is 3. The molecule has 35 heavy (non-hydrogen) atoms. The van der Waals surface area contributed by atoms with Gasteiger partial charge >= 0.3 is 0 Å². The molecule has 0 spiro atoms. The number of carbonyl (C=O) groups is 1. The van der Waals surface area contributed by atoms with E-state index in [1.54, 1.807) is 19.2 Å². The molecule has 0 unspecified atom stereocenters. The number of carbonyl (C=O) groups excluding carboxylic acids is 1. The fourth-order valence-electron chi connectivity index (χ4n) is 4.22. The Bertz CT molecular complexity index is 1280. The highest BCUT2D eigenvalue weighted by Crippen LogP contribution is 2.26. The lowest BCUT2D eigenvalue weighted by Gasteiger charge is -2.15. The van der Waals surface area contributed by atoms with Crippen molar-refractivity contribution in [1.29, 1.82) is 0 Å². The second kappa shape index (κ2) is 11.6. The van der Waals surface area contributed by atoms with Gasteiger partial charge in [-0.15, -0.1) is 0 Å². The van der Waals surface area contributed by atoms with Crippen LogP contribution in [0.15, 0.2) is 72.8 Å². The molecular weight excluding hydrogens is 438 g/mol. The second-order valence-electron chi connectivity index (χ2n) is 8.80. The summed E-state index contributed by atoms with van der Waals surface area (Å²) in [5.41, 5.74) is 3.89. The molecule has 3 aromatic carbocycles. The standard InChI is InChI=1S/C29H33N3O3/c1-21(2)24-12-4-7-15-27(24)35-19-18-32-26-14-6-5-13-25(26)31-28(32)16-9-17-30-29(33)22-10-8-11-23(20-22)34-3/h4-8,10-15,20-21H,9,16-19H2,1-3H3,(H,30,33). The summed E-state index contributed by atoms with van der Waals surface area (Å²) < 4.78 is 13.6. The Labute approximate surface area is 206 Å². The summed E-state index contributed by atoms with van der Waals surface area (Å²) in [7, 11) is 1.59. The minimum Gasteiger partial charge on any atom is -0.497 e. The average molecular weight is 472 g/mol. The first-order chi connectivity index (χ1) is 17.1. The molecule has 4 rings (SSSR count). The zero-order valence-corrected chi connectivity index (χ0v) is 20.7. The molecule has 6 heteroatoms. The van der Waals surface area contributed by atoms with E-state index >= 15 is 0 Å². The highest BCUT2D eigenvalue weighted by molar-refractivity contribution is 5.94.